The van der Waals surface area contributed by atoms with Crippen LogP contribution in [0.3, 0.4) is 0 Å². The number of likely N-dealkylation sites (tertiary alicyclic amines) is 1. The lowest BCUT2D eigenvalue weighted by Crippen LogP contribution is -2.21. The second kappa shape index (κ2) is 7.81. The van der Waals surface area contributed by atoms with E-state index >= 15 is 0 Å². The molecule has 2 aromatic carbocycles. The number of anilines is 1. The molecule has 4 heteroatoms. The first-order valence-corrected chi connectivity index (χ1v) is 9.95. The van der Waals surface area contributed by atoms with Crippen LogP contribution >= 0.6 is 11.6 Å². The lowest BCUT2D eigenvalue weighted by atomic mass is 10.1. The molecule has 1 heterocycles. The summed E-state index contributed by atoms with van der Waals surface area (Å²) in [7, 11) is 0. The Kier molecular flexibility index (Phi) is 5.28. The SMILES string of the molecule is O=C(Nc1ccc(CCN2CCCC2)cc1)C1CC1c1ccccc1Cl. The zero-order valence-corrected chi connectivity index (χ0v) is 15.7. The van der Waals surface area contributed by atoms with Crippen molar-refractivity contribution in [1.82, 2.24) is 4.90 Å². The first-order chi connectivity index (χ1) is 12.7. The molecule has 1 N–H and O–H groups in total. The third-order valence-corrected chi connectivity index (χ3v) is 5.91. The zero-order chi connectivity index (χ0) is 17.9. The van der Waals surface area contributed by atoms with Crippen LogP contribution in [0.4, 0.5) is 5.69 Å². The topological polar surface area (TPSA) is 32.3 Å². The number of carbonyl (C=O) groups is 1. The zero-order valence-electron chi connectivity index (χ0n) is 15.0. The Labute approximate surface area is 160 Å². The molecule has 1 saturated carbocycles. The van der Waals surface area contributed by atoms with E-state index in [1.807, 2.05) is 36.4 Å². The van der Waals surface area contributed by atoms with Crippen LogP contribution in [0.15, 0.2) is 48.5 Å². The maximum Gasteiger partial charge on any atom is 0.228 e. The highest BCUT2D eigenvalue weighted by molar-refractivity contribution is 6.31. The smallest absolute Gasteiger partial charge is 0.228 e. The van der Waals surface area contributed by atoms with Gasteiger partial charge in [0.05, 0.1) is 0 Å². The van der Waals surface area contributed by atoms with Crippen molar-refractivity contribution < 1.29 is 4.79 Å². The van der Waals surface area contributed by atoms with Crippen LogP contribution in [0.25, 0.3) is 0 Å². The first-order valence-electron chi connectivity index (χ1n) is 9.57. The van der Waals surface area contributed by atoms with Gasteiger partial charge in [-0.2, -0.15) is 0 Å². The highest BCUT2D eigenvalue weighted by atomic mass is 35.5. The van der Waals surface area contributed by atoms with E-state index in [9.17, 15) is 4.79 Å². The van der Waals surface area contributed by atoms with E-state index in [0.717, 1.165) is 35.7 Å². The summed E-state index contributed by atoms with van der Waals surface area (Å²) in [6.07, 6.45) is 4.62. The second-order valence-electron chi connectivity index (χ2n) is 7.46. The number of hydrogen-bond acceptors (Lipinski definition) is 2. The van der Waals surface area contributed by atoms with E-state index in [0.29, 0.717) is 0 Å². The molecule has 2 atom stereocenters. The number of nitrogens with zero attached hydrogens (tertiary/aromatic N) is 1. The third-order valence-electron chi connectivity index (χ3n) is 5.57. The summed E-state index contributed by atoms with van der Waals surface area (Å²) in [6.45, 7) is 3.61. The summed E-state index contributed by atoms with van der Waals surface area (Å²) >= 11 is 6.25. The van der Waals surface area contributed by atoms with Crippen molar-refractivity contribution in [3.63, 3.8) is 0 Å². The molecule has 26 heavy (non-hydrogen) atoms. The number of hydrogen-bond donors (Lipinski definition) is 1. The molecule has 0 spiro atoms. The van der Waals surface area contributed by atoms with Crippen molar-refractivity contribution in [3.05, 3.63) is 64.7 Å². The highest BCUT2D eigenvalue weighted by Gasteiger charge is 2.44. The highest BCUT2D eigenvalue weighted by Crippen LogP contribution is 2.49. The van der Waals surface area contributed by atoms with Gasteiger partial charge in [-0.15, -0.1) is 0 Å². The number of benzene rings is 2. The van der Waals surface area contributed by atoms with Gasteiger partial charge in [0.2, 0.25) is 5.91 Å². The summed E-state index contributed by atoms with van der Waals surface area (Å²) in [4.78, 5) is 15.0. The Morgan fingerprint density at radius 1 is 1.08 bits per heavy atom. The van der Waals surface area contributed by atoms with Crippen LogP contribution in [0.5, 0.6) is 0 Å². The predicted molar refractivity (Wildman–Crippen MR) is 107 cm³/mol. The van der Waals surface area contributed by atoms with E-state index in [4.69, 9.17) is 11.6 Å². The van der Waals surface area contributed by atoms with E-state index < -0.39 is 0 Å². The average Bonchev–Trinajstić information content (AvgIpc) is 3.28. The molecule has 0 bridgehead atoms. The van der Waals surface area contributed by atoms with Crippen LogP contribution in [0, 0.1) is 5.92 Å². The number of amides is 1. The average molecular weight is 369 g/mol. The van der Waals surface area contributed by atoms with Gasteiger partial charge in [0.1, 0.15) is 0 Å². The molecular weight excluding hydrogens is 344 g/mol. The van der Waals surface area contributed by atoms with Gasteiger partial charge in [0.15, 0.2) is 0 Å². The maximum atomic E-state index is 12.5. The Bertz CT molecular complexity index is 768. The molecule has 1 amide bonds. The summed E-state index contributed by atoms with van der Waals surface area (Å²) in [5.41, 5.74) is 3.30. The summed E-state index contributed by atoms with van der Waals surface area (Å²) in [5.74, 6) is 0.382. The van der Waals surface area contributed by atoms with Gasteiger partial charge in [0.25, 0.3) is 0 Å². The number of halogens is 1. The molecule has 2 fully saturated rings. The molecule has 0 aromatic heterocycles. The van der Waals surface area contributed by atoms with E-state index in [2.05, 4.69) is 22.3 Å². The number of carbonyl (C=O) groups excluding carboxylic acids is 1. The first kappa shape index (κ1) is 17.6. The van der Waals surface area contributed by atoms with Crippen molar-refractivity contribution in [3.8, 4) is 0 Å². The van der Waals surface area contributed by atoms with Gasteiger partial charge in [-0.3, -0.25) is 4.79 Å². The monoisotopic (exact) mass is 368 g/mol. The molecule has 3 nitrogen and oxygen atoms in total. The molecule has 2 unspecified atom stereocenters. The largest absolute Gasteiger partial charge is 0.326 e. The van der Waals surface area contributed by atoms with Crippen molar-refractivity contribution in [2.45, 2.75) is 31.6 Å². The van der Waals surface area contributed by atoms with E-state index in [1.54, 1.807) is 0 Å². The standard InChI is InChI=1S/C22H25ClN2O/c23-21-6-2-1-5-18(21)19-15-20(19)22(26)24-17-9-7-16(8-10-17)11-14-25-12-3-4-13-25/h1-2,5-10,19-20H,3-4,11-15H2,(H,24,26). The van der Waals surface area contributed by atoms with Crippen molar-refractivity contribution in [1.29, 1.82) is 0 Å². The number of nitrogens with one attached hydrogen (secondary N) is 1. The van der Waals surface area contributed by atoms with Crippen LogP contribution in [0.2, 0.25) is 5.02 Å². The van der Waals surface area contributed by atoms with Gasteiger partial charge < -0.3 is 10.2 Å². The summed E-state index contributed by atoms with van der Waals surface area (Å²) < 4.78 is 0. The molecule has 0 radical (unpaired) electrons. The molecule has 2 aromatic rings. The van der Waals surface area contributed by atoms with Gasteiger partial charge in [0, 0.05) is 23.2 Å². The van der Waals surface area contributed by atoms with Gasteiger partial charge in [-0.1, -0.05) is 41.9 Å². The van der Waals surface area contributed by atoms with Crippen LogP contribution in [-0.4, -0.2) is 30.4 Å². The Morgan fingerprint density at radius 2 is 1.81 bits per heavy atom. The predicted octanol–water partition coefficient (Wildman–Crippen LogP) is 4.72. The number of rotatable bonds is 6. The van der Waals surface area contributed by atoms with E-state index in [-0.39, 0.29) is 17.7 Å². The van der Waals surface area contributed by atoms with Gasteiger partial charge in [-0.25, -0.2) is 0 Å². The van der Waals surface area contributed by atoms with Gasteiger partial charge in [-0.05, 0) is 74.0 Å². The van der Waals surface area contributed by atoms with Crippen LogP contribution in [-0.2, 0) is 11.2 Å². The molecule has 1 aliphatic carbocycles. The molecule has 1 saturated heterocycles. The van der Waals surface area contributed by atoms with Gasteiger partial charge >= 0.3 is 0 Å². The Balaban J connectivity index is 1.29. The van der Waals surface area contributed by atoms with Crippen molar-refractivity contribution >= 4 is 23.2 Å². The summed E-state index contributed by atoms with van der Waals surface area (Å²) in [6, 6.07) is 16.1. The van der Waals surface area contributed by atoms with E-state index in [1.165, 1.54) is 31.5 Å². The lowest BCUT2D eigenvalue weighted by molar-refractivity contribution is -0.117. The minimum Gasteiger partial charge on any atom is -0.326 e. The van der Waals surface area contributed by atoms with Crippen molar-refractivity contribution in [2.75, 3.05) is 25.0 Å². The Hall–Kier alpha value is -1.84. The molecule has 1 aliphatic heterocycles. The fourth-order valence-electron chi connectivity index (χ4n) is 3.89. The second-order valence-corrected chi connectivity index (χ2v) is 7.86. The van der Waals surface area contributed by atoms with Crippen LogP contribution in [0.1, 0.15) is 36.3 Å². The lowest BCUT2D eigenvalue weighted by Gasteiger charge is -2.14. The quantitative estimate of drug-likeness (QED) is 0.800. The molecule has 2 aliphatic rings. The fraction of sp³-hybridized carbons (Fsp3) is 0.409. The Morgan fingerprint density at radius 3 is 2.54 bits per heavy atom. The van der Waals surface area contributed by atoms with Crippen molar-refractivity contribution in [2.24, 2.45) is 5.92 Å². The minimum absolute atomic E-state index is 0.0322. The normalized spacial score (nSPS) is 22.3. The molecule has 136 valence electrons. The fourth-order valence-corrected chi connectivity index (χ4v) is 4.16. The summed E-state index contributed by atoms with van der Waals surface area (Å²) in [5, 5.41) is 3.81. The molecular formula is C22H25ClN2O. The van der Waals surface area contributed by atoms with Crippen LogP contribution < -0.4 is 5.32 Å². The minimum atomic E-state index is 0.0322. The molecule has 4 rings (SSSR count). The maximum absolute atomic E-state index is 12.5. The third kappa shape index (κ3) is 4.11.